The fraction of sp³-hybridized carbons (Fsp3) is 0.750. The Morgan fingerprint density at radius 2 is 1.89 bits per heavy atom. The number of hydrogen-bond acceptors (Lipinski definition) is 4. The Morgan fingerprint density at radius 1 is 1.32 bits per heavy atom. The van der Waals surface area contributed by atoms with Crippen LogP contribution in [0.2, 0.25) is 0 Å². The lowest BCUT2D eigenvalue weighted by molar-refractivity contribution is -0.468. The van der Waals surface area contributed by atoms with Gasteiger partial charge in [0.25, 0.3) is 0 Å². The molecular formula is C12H20N2O5. The van der Waals surface area contributed by atoms with Gasteiger partial charge in [0.05, 0.1) is 12.0 Å². The summed E-state index contributed by atoms with van der Waals surface area (Å²) in [6, 6.07) is -0.752. The molecule has 1 heterocycles. The van der Waals surface area contributed by atoms with Crippen LogP contribution in [-0.4, -0.2) is 34.5 Å². The maximum atomic E-state index is 10.6. The van der Waals surface area contributed by atoms with Crippen LogP contribution in [0, 0.1) is 0 Å². The van der Waals surface area contributed by atoms with Gasteiger partial charge in [-0.1, -0.05) is 6.42 Å². The molecule has 0 spiro atoms. The lowest BCUT2D eigenvalue weighted by Crippen LogP contribution is -2.77. The van der Waals surface area contributed by atoms with Crippen molar-refractivity contribution < 1.29 is 30.3 Å². The van der Waals surface area contributed by atoms with Gasteiger partial charge in [0, 0.05) is 19.3 Å². The number of carboxylic acid groups (broad SMARTS) is 2. The molecule has 1 saturated heterocycles. The lowest BCUT2D eigenvalue weighted by Gasteiger charge is -2.24. The first-order valence-electron chi connectivity index (χ1n) is 6.44. The van der Waals surface area contributed by atoms with Gasteiger partial charge in [-0.25, -0.2) is 4.79 Å². The largest absolute Gasteiger partial charge is 0.548 e. The van der Waals surface area contributed by atoms with Gasteiger partial charge in [0.2, 0.25) is 5.91 Å². The third kappa shape index (κ3) is 4.51. The predicted molar refractivity (Wildman–Crippen MR) is 62.5 cm³/mol. The molecule has 108 valence electrons. The third-order valence-corrected chi connectivity index (χ3v) is 3.54. The maximum Gasteiger partial charge on any atom is 0.365 e. The quantitative estimate of drug-likeness (QED) is 0.536. The fourth-order valence-corrected chi connectivity index (χ4v) is 2.23. The second kappa shape index (κ2) is 6.51. The average molecular weight is 272 g/mol. The number of nitrogens with one attached hydrogen (secondary N) is 1. The van der Waals surface area contributed by atoms with Gasteiger partial charge in [-0.3, -0.25) is 4.79 Å². The topological polar surface area (TPSA) is 134 Å². The van der Waals surface area contributed by atoms with E-state index < -0.39 is 23.5 Å². The van der Waals surface area contributed by atoms with Gasteiger partial charge in [-0.2, -0.15) is 0 Å². The number of quaternary nitrogens is 1. The number of rotatable bonds is 2. The second-order valence-electron chi connectivity index (χ2n) is 5.12. The molecule has 2 aliphatic rings. The molecule has 1 unspecified atom stereocenters. The van der Waals surface area contributed by atoms with Crippen molar-refractivity contribution in [2.45, 2.75) is 56.5 Å². The monoisotopic (exact) mass is 272 g/mol. The van der Waals surface area contributed by atoms with Crippen LogP contribution in [0.25, 0.3) is 0 Å². The highest BCUT2D eigenvalue weighted by atomic mass is 16.4. The minimum absolute atomic E-state index is 0.204. The third-order valence-electron chi connectivity index (χ3n) is 3.54. The number of hydrogen-bond donors (Lipinski definition) is 3. The molecule has 19 heavy (non-hydrogen) atoms. The maximum absolute atomic E-state index is 10.6. The van der Waals surface area contributed by atoms with E-state index in [2.05, 4.69) is 11.1 Å². The van der Waals surface area contributed by atoms with Crippen LogP contribution in [0.3, 0.4) is 0 Å². The van der Waals surface area contributed by atoms with Crippen molar-refractivity contribution in [1.82, 2.24) is 5.32 Å². The molecule has 2 rings (SSSR count). The first-order valence-corrected chi connectivity index (χ1v) is 6.44. The Morgan fingerprint density at radius 3 is 2.16 bits per heavy atom. The molecule has 1 aliphatic carbocycles. The van der Waals surface area contributed by atoms with E-state index in [4.69, 9.17) is 5.11 Å². The zero-order valence-corrected chi connectivity index (χ0v) is 10.8. The first-order chi connectivity index (χ1) is 8.85. The minimum Gasteiger partial charge on any atom is -0.548 e. The van der Waals surface area contributed by atoms with Crippen LogP contribution in [0.1, 0.15) is 44.9 Å². The Labute approximate surface area is 111 Å². The summed E-state index contributed by atoms with van der Waals surface area (Å²) < 4.78 is 0. The minimum atomic E-state index is -1.19. The molecule has 1 saturated carbocycles. The van der Waals surface area contributed by atoms with E-state index in [1.54, 1.807) is 0 Å². The summed E-state index contributed by atoms with van der Waals surface area (Å²) in [5.74, 6) is -2.13. The number of aliphatic carboxylic acids is 2. The fourth-order valence-electron chi connectivity index (χ4n) is 2.23. The van der Waals surface area contributed by atoms with Crippen LogP contribution >= 0.6 is 0 Å². The summed E-state index contributed by atoms with van der Waals surface area (Å²) in [5.41, 5.74) is 3.07. The molecule has 0 radical (unpaired) electrons. The van der Waals surface area contributed by atoms with Gasteiger partial charge in [0.1, 0.15) is 0 Å². The Kier molecular flexibility index (Phi) is 5.29. The highest BCUT2D eigenvalue weighted by molar-refractivity contribution is 5.86. The zero-order valence-electron chi connectivity index (χ0n) is 10.8. The molecule has 5 N–H and O–H groups in total. The molecular weight excluding hydrogens is 252 g/mol. The summed E-state index contributed by atoms with van der Waals surface area (Å²) in [6.07, 6.45) is 5.39. The summed E-state index contributed by atoms with van der Waals surface area (Å²) >= 11 is 0. The van der Waals surface area contributed by atoms with Gasteiger partial charge in [-0.15, -0.1) is 0 Å². The Bertz CT molecular complexity index is 363. The summed E-state index contributed by atoms with van der Waals surface area (Å²) in [7, 11) is 0. The molecule has 1 aliphatic heterocycles. The zero-order chi connectivity index (χ0) is 14.5. The first kappa shape index (κ1) is 15.4. The van der Waals surface area contributed by atoms with E-state index >= 15 is 0 Å². The molecule has 0 aromatic carbocycles. The molecule has 1 atom stereocenters. The van der Waals surface area contributed by atoms with Crippen molar-refractivity contribution in [3.8, 4) is 0 Å². The van der Waals surface area contributed by atoms with E-state index in [1.807, 2.05) is 0 Å². The molecule has 1 amide bonds. The number of amides is 1. The van der Waals surface area contributed by atoms with Crippen molar-refractivity contribution in [1.29, 1.82) is 0 Å². The van der Waals surface area contributed by atoms with Crippen LogP contribution in [-0.2, 0) is 14.4 Å². The highest BCUT2D eigenvalue weighted by Gasteiger charge is 2.39. The van der Waals surface area contributed by atoms with Crippen molar-refractivity contribution in [3.05, 3.63) is 0 Å². The summed E-state index contributed by atoms with van der Waals surface area (Å²) in [5, 5.41) is 21.0. The smallest absolute Gasteiger partial charge is 0.365 e. The average Bonchev–Trinajstić information content (AvgIpc) is 2.78. The molecule has 7 heteroatoms. The normalized spacial score (nSPS) is 24.9. The van der Waals surface area contributed by atoms with Crippen molar-refractivity contribution in [2.24, 2.45) is 0 Å². The van der Waals surface area contributed by atoms with E-state index in [9.17, 15) is 19.5 Å². The Balaban J connectivity index is 0.000000191. The molecule has 0 bridgehead atoms. The predicted octanol–water partition coefficient (Wildman–Crippen LogP) is -1.97. The Hall–Kier alpha value is -1.63. The van der Waals surface area contributed by atoms with Crippen LogP contribution in [0.4, 0.5) is 0 Å². The molecule has 0 aromatic rings. The van der Waals surface area contributed by atoms with Gasteiger partial charge in [-0.05, 0) is 19.3 Å². The van der Waals surface area contributed by atoms with E-state index in [0.29, 0.717) is 12.8 Å². The number of carbonyl (C=O) groups excluding carboxylic acids is 2. The van der Waals surface area contributed by atoms with Crippen LogP contribution < -0.4 is 16.2 Å². The second-order valence-corrected chi connectivity index (χ2v) is 5.12. The van der Waals surface area contributed by atoms with Gasteiger partial charge in [0.15, 0.2) is 5.54 Å². The molecule has 2 fully saturated rings. The standard InChI is InChI=1S/C7H13NO2.C5H7NO3/c8-7(6(9)10)4-2-1-3-5-7;7-4-2-1-3(6-4)5(8)9/h1-5,8H2,(H,9,10);3H,1-2H2,(H,6,7)(H,8,9). The van der Waals surface area contributed by atoms with Crippen LogP contribution in [0.15, 0.2) is 0 Å². The summed E-state index contributed by atoms with van der Waals surface area (Å²) in [4.78, 5) is 31.0. The van der Waals surface area contributed by atoms with E-state index in [-0.39, 0.29) is 5.91 Å². The van der Waals surface area contributed by atoms with Gasteiger partial charge >= 0.3 is 5.97 Å². The van der Waals surface area contributed by atoms with Crippen molar-refractivity contribution in [3.63, 3.8) is 0 Å². The van der Waals surface area contributed by atoms with E-state index in [1.165, 1.54) is 6.42 Å². The van der Waals surface area contributed by atoms with Crippen molar-refractivity contribution >= 4 is 17.8 Å². The number of carbonyl (C=O) groups is 3. The van der Waals surface area contributed by atoms with Gasteiger partial charge < -0.3 is 26.1 Å². The van der Waals surface area contributed by atoms with Crippen molar-refractivity contribution in [2.75, 3.05) is 0 Å². The van der Waals surface area contributed by atoms with E-state index in [0.717, 1.165) is 25.7 Å². The lowest BCUT2D eigenvalue weighted by atomic mass is 9.83. The summed E-state index contributed by atoms with van der Waals surface area (Å²) in [6.45, 7) is 0. The number of carboxylic acids is 2. The SMILES string of the molecule is O=C1CCC(C(=O)[O-])N1.[NH3+]C1(C(=O)O)CCCCC1. The van der Waals surface area contributed by atoms with Crippen LogP contribution in [0.5, 0.6) is 0 Å². The highest BCUT2D eigenvalue weighted by Crippen LogP contribution is 2.23. The molecule has 7 nitrogen and oxygen atoms in total. The molecule has 0 aromatic heterocycles.